The van der Waals surface area contributed by atoms with Crippen LogP contribution in [0.3, 0.4) is 0 Å². The van der Waals surface area contributed by atoms with E-state index >= 15 is 0 Å². The molecule has 2 fully saturated rings. The number of alkyl carbamates (subject to hydrolysis) is 1. The van der Waals surface area contributed by atoms with E-state index in [4.69, 9.17) is 4.74 Å². The van der Waals surface area contributed by atoms with Crippen LogP contribution in [0, 0.1) is 5.92 Å². The van der Waals surface area contributed by atoms with E-state index in [0.29, 0.717) is 6.42 Å². The molecule has 1 saturated carbocycles. The highest BCUT2D eigenvalue weighted by Crippen LogP contribution is 2.38. The van der Waals surface area contributed by atoms with E-state index in [1.54, 1.807) is 6.92 Å². The fourth-order valence-corrected chi connectivity index (χ4v) is 3.28. The average Bonchev–Trinajstić information content (AvgIpc) is 2.81. The zero-order valence-corrected chi connectivity index (χ0v) is 14.8. The number of nitrogens with zero attached hydrogens (tertiary/aromatic N) is 1. The topological polar surface area (TPSA) is 131 Å². The number of hydrogen-bond donors (Lipinski definition) is 2. The van der Waals surface area contributed by atoms with Crippen LogP contribution < -0.4 is 10.6 Å². The van der Waals surface area contributed by atoms with Gasteiger partial charge in [0.25, 0.3) is 11.8 Å². The third kappa shape index (κ3) is 4.12. The summed E-state index contributed by atoms with van der Waals surface area (Å²) in [7, 11) is 0. The molecule has 2 N–H and O–H groups in total. The van der Waals surface area contributed by atoms with Crippen molar-refractivity contribution in [3.05, 3.63) is 0 Å². The first-order valence-electron chi connectivity index (χ1n) is 8.56. The Morgan fingerprint density at radius 2 is 2.00 bits per heavy atom. The molecule has 1 heterocycles. The molecular weight excluding hydrogens is 346 g/mol. The van der Waals surface area contributed by atoms with Crippen molar-refractivity contribution in [2.24, 2.45) is 5.92 Å². The number of imide groups is 2. The second kappa shape index (κ2) is 8.15. The predicted octanol–water partition coefficient (Wildman–Crippen LogP) is 0.303. The smallest absolute Gasteiger partial charge is 0.413 e. The van der Waals surface area contributed by atoms with Crippen LogP contribution in [-0.4, -0.2) is 60.1 Å². The quantitative estimate of drug-likeness (QED) is 0.526. The molecule has 2 atom stereocenters. The number of esters is 1. The number of urea groups is 1. The van der Waals surface area contributed by atoms with Crippen molar-refractivity contribution in [2.75, 3.05) is 19.8 Å². The van der Waals surface area contributed by atoms with Crippen molar-refractivity contribution < 1.29 is 33.4 Å². The Morgan fingerprint density at radius 3 is 2.65 bits per heavy atom. The molecule has 144 valence electrons. The summed E-state index contributed by atoms with van der Waals surface area (Å²) in [6.45, 7) is 2.25. The molecule has 0 unspecified atom stereocenters. The molecule has 1 aliphatic heterocycles. The summed E-state index contributed by atoms with van der Waals surface area (Å²) in [5.74, 6) is -2.26. The van der Waals surface area contributed by atoms with Gasteiger partial charge in [-0.05, 0) is 25.7 Å². The summed E-state index contributed by atoms with van der Waals surface area (Å²) in [5.41, 5.74) is -0.961. The number of nitrogens with one attached hydrogen (secondary N) is 2. The van der Waals surface area contributed by atoms with Crippen molar-refractivity contribution in [1.82, 2.24) is 15.5 Å². The van der Waals surface area contributed by atoms with Crippen molar-refractivity contribution in [3.63, 3.8) is 0 Å². The summed E-state index contributed by atoms with van der Waals surface area (Å²) in [5, 5.41) is 4.58. The first kappa shape index (κ1) is 19.7. The van der Waals surface area contributed by atoms with Gasteiger partial charge in [0, 0.05) is 0 Å². The highest BCUT2D eigenvalue weighted by atomic mass is 16.6. The highest BCUT2D eigenvalue weighted by Gasteiger charge is 2.55. The van der Waals surface area contributed by atoms with Crippen molar-refractivity contribution in [1.29, 1.82) is 0 Å². The van der Waals surface area contributed by atoms with Crippen LogP contribution in [0.25, 0.3) is 0 Å². The van der Waals surface area contributed by atoms with E-state index in [-0.39, 0.29) is 12.5 Å². The summed E-state index contributed by atoms with van der Waals surface area (Å²) < 4.78 is 9.22. The standard InChI is InChI=1S/C16H23N3O7/c1-3-25-15(24)17-11(20)9-26-12(21)8-19-13(22)16(18-14(19)23)7-5-4-6-10(16)2/h10H,3-9H2,1-2H3,(H,18,23)(H,17,20,24)/t10-,16-/m1/s1. The van der Waals surface area contributed by atoms with Gasteiger partial charge in [-0.2, -0.15) is 0 Å². The second-order valence-electron chi connectivity index (χ2n) is 6.37. The minimum absolute atomic E-state index is 0.0240. The van der Waals surface area contributed by atoms with Gasteiger partial charge in [0.2, 0.25) is 0 Å². The van der Waals surface area contributed by atoms with Crippen LogP contribution >= 0.6 is 0 Å². The fourth-order valence-electron chi connectivity index (χ4n) is 3.28. The van der Waals surface area contributed by atoms with E-state index < -0.39 is 48.6 Å². The van der Waals surface area contributed by atoms with Crippen molar-refractivity contribution in [2.45, 2.75) is 45.1 Å². The van der Waals surface area contributed by atoms with Crippen LogP contribution in [0.4, 0.5) is 9.59 Å². The molecule has 2 rings (SSSR count). The summed E-state index contributed by atoms with van der Waals surface area (Å²) in [6.07, 6.45) is 2.22. The Labute approximate surface area is 150 Å². The third-order valence-corrected chi connectivity index (χ3v) is 4.67. The molecule has 0 radical (unpaired) electrons. The normalized spacial score (nSPS) is 25.0. The van der Waals surface area contributed by atoms with Gasteiger partial charge >= 0.3 is 18.1 Å². The Morgan fingerprint density at radius 1 is 1.27 bits per heavy atom. The van der Waals surface area contributed by atoms with Crippen LogP contribution in [-0.2, 0) is 23.9 Å². The zero-order chi connectivity index (χ0) is 19.3. The maximum absolute atomic E-state index is 12.7. The van der Waals surface area contributed by atoms with Crippen molar-refractivity contribution in [3.8, 4) is 0 Å². The van der Waals surface area contributed by atoms with E-state index in [1.807, 2.05) is 12.2 Å². The van der Waals surface area contributed by atoms with Gasteiger partial charge in [-0.1, -0.05) is 19.8 Å². The van der Waals surface area contributed by atoms with Crippen LogP contribution in [0.1, 0.15) is 39.5 Å². The van der Waals surface area contributed by atoms with Gasteiger partial charge in [0.05, 0.1) is 6.61 Å². The Bertz CT molecular complexity index is 621. The lowest BCUT2D eigenvalue weighted by atomic mass is 9.73. The number of carbonyl (C=O) groups is 5. The van der Waals surface area contributed by atoms with Crippen molar-refractivity contribution >= 4 is 29.9 Å². The molecule has 0 aromatic carbocycles. The summed E-state index contributed by atoms with van der Waals surface area (Å²) in [4.78, 5) is 60.0. The minimum atomic E-state index is -0.961. The van der Waals surface area contributed by atoms with Crippen LogP contribution in [0.2, 0.25) is 0 Å². The van der Waals surface area contributed by atoms with E-state index in [2.05, 4.69) is 10.1 Å². The average molecular weight is 369 g/mol. The monoisotopic (exact) mass is 369 g/mol. The van der Waals surface area contributed by atoms with Crippen LogP contribution in [0.5, 0.6) is 0 Å². The fraction of sp³-hybridized carbons (Fsp3) is 0.688. The Balaban J connectivity index is 1.87. The first-order valence-corrected chi connectivity index (χ1v) is 8.56. The molecule has 10 nitrogen and oxygen atoms in total. The molecule has 5 amide bonds. The Hall–Kier alpha value is -2.65. The zero-order valence-electron chi connectivity index (χ0n) is 14.8. The maximum atomic E-state index is 12.7. The molecule has 0 bridgehead atoms. The second-order valence-corrected chi connectivity index (χ2v) is 6.37. The highest BCUT2D eigenvalue weighted by molar-refractivity contribution is 6.09. The van der Waals surface area contributed by atoms with E-state index in [0.717, 1.165) is 24.2 Å². The van der Waals surface area contributed by atoms with Gasteiger partial charge in [-0.3, -0.25) is 24.6 Å². The number of rotatable bonds is 5. The Kier molecular flexibility index (Phi) is 6.17. The summed E-state index contributed by atoms with van der Waals surface area (Å²) in [6, 6.07) is -0.642. The molecule has 1 saturated heterocycles. The third-order valence-electron chi connectivity index (χ3n) is 4.67. The first-order chi connectivity index (χ1) is 12.3. The minimum Gasteiger partial charge on any atom is -0.454 e. The molecule has 10 heteroatoms. The molecule has 2 aliphatic rings. The van der Waals surface area contributed by atoms with Crippen LogP contribution in [0.15, 0.2) is 0 Å². The SMILES string of the molecule is CCOC(=O)NC(=O)COC(=O)CN1C(=O)N[C@@]2(CCCC[C@H]2C)C1=O. The molecular formula is C16H23N3O7. The molecule has 26 heavy (non-hydrogen) atoms. The van der Waals surface area contributed by atoms with Gasteiger partial charge in [-0.15, -0.1) is 0 Å². The molecule has 1 spiro atoms. The van der Waals surface area contributed by atoms with E-state index in [9.17, 15) is 24.0 Å². The van der Waals surface area contributed by atoms with E-state index in [1.165, 1.54) is 0 Å². The largest absolute Gasteiger partial charge is 0.454 e. The predicted molar refractivity (Wildman–Crippen MR) is 86.7 cm³/mol. The number of hydrogen-bond acceptors (Lipinski definition) is 7. The summed E-state index contributed by atoms with van der Waals surface area (Å²) >= 11 is 0. The number of amides is 5. The molecule has 0 aromatic heterocycles. The lowest BCUT2D eigenvalue weighted by molar-refractivity contribution is -0.151. The van der Waals surface area contributed by atoms with Gasteiger partial charge in [-0.25, -0.2) is 9.59 Å². The maximum Gasteiger partial charge on any atom is 0.413 e. The lowest BCUT2D eigenvalue weighted by Crippen LogP contribution is -2.54. The molecule has 1 aliphatic carbocycles. The van der Waals surface area contributed by atoms with Gasteiger partial charge in [0.15, 0.2) is 6.61 Å². The van der Waals surface area contributed by atoms with Gasteiger partial charge < -0.3 is 14.8 Å². The molecule has 0 aromatic rings. The number of carbonyl (C=O) groups excluding carboxylic acids is 5. The number of ether oxygens (including phenoxy) is 2. The van der Waals surface area contributed by atoms with Gasteiger partial charge in [0.1, 0.15) is 12.1 Å². The lowest BCUT2D eigenvalue weighted by Gasteiger charge is -2.36.